The van der Waals surface area contributed by atoms with Crippen molar-refractivity contribution in [1.29, 1.82) is 0 Å². The summed E-state index contributed by atoms with van der Waals surface area (Å²) < 4.78 is 16.8. The van der Waals surface area contributed by atoms with E-state index < -0.39 is 0 Å². The van der Waals surface area contributed by atoms with E-state index in [1.807, 2.05) is 12.1 Å². The van der Waals surface area contributed by atoms with Crippen molar-refractivity contribution >= 4 is 33.7 Å². The lowest BCUT2D eigenvalue weighted by Crippen LogP contribution is -2.04. The highest BCUT2D eigenvalue weighted by Crippen LogP contribution is 2.28. The topological polar surface area (TPSA) is 49.3 Å². The van der Waals surface area contributed by atoms with Crippen molar-refractivity contribution in [1.82, 2.24) is 0 Å². The minimum atomic E-state index is 0.318. The van der Waals surface area contributed by atoms with Gasteiger partial charge in [-0.3, -0.25) is 0 Å². The van der Waals surface area contributed by atoms with E-state index in [-0.39, 0.29) is 0 Å². The van der Waals surface area contributed by atoms with Crippen LogP contribution in [-0.2, 0) is 4.84 Å². The van der Waals surface area contributed by atoms with Crippen LogP contribution < -0.4 is 14.2 Å². The number of nitrogens with zero attached hydrogens (tertiary/aromatic N) is 1. The van der Waals surface area contributed by atoms with Gasteiger partial charge in [-0.15, -0.1) is 0 Å². The third kappa shape index (κ3) is 5.32. The molecule has 0 radical (unpaired) electrons. The Bertz CT molecular complexity index is 709. The third-order valence-corrected chi connectivity index (χ3v) is 3.86. The molecule has 0 heterocycles. The molecule has 0 unspecified atom stereocenters. The average molecular weight is 415 g/mol. The van der Waals surface area contributed by atoms with Gasteiger partial charge < -0.3 is 19.0 Å². The van der Waals surface area contributed by atoms with Gasteiger partial charge in [0, 0.05) is 10.6 Å². The molecule has 2 aromatic rings. The summed E-state index contributed by atoms with van der Waals surface area (Å²) in [5.74, 6) is 2.00. The monoisotopic (exact) mass is 413 g/mol. The van der Waals surface area contributed by atoms with Crippen molar-refractivity contribution in [2.75, 3.05) is 27.4 Å². The highest BCUT2D eigenvalue weighted by Gasteiger charge is 2.03. The van der Waals surface area contributed by atoms with Crippen LogP contribution in [0.2, 0.25) is 5.02 Å². The van der Waals surface area contributed by atoms with E-state index in [9.17, 15) is 0 Å². The number of benzene rings is 2. The van der Waals surface area contributed by atoms with Crippen molar-refractivity contribution in [2.24, 2.45) is 5.16 Å². The van der Waals surface area contributed by atoms with Crippen molar-refractivity contribution in [3.63, 3.8) is 0 Å². The van der Waals surface area contributed by atoms with Crippen LogP contribution in [0.4, 0.5) is 0 Å². The van der Waals surface area contributed by atoms with E-state index in [1.54, 1.807) is 44.7 Å². The Morgan fingerprint density at radius 1 is 1.00 bits per heavy atom. The Balaban J connectivity index is 1.78. The van der Waals surface area contributed by atoms with Crippen molar-refractivity contribution in [2.45, 2.75) is 0 Å². The summed E-state index contributed by atoms with van der Waals surface area (Å²) in [6.07, 6.45) is 1.60. The minimum Gasteiger partial charge on any atom is -0.493 e. The SMILES string of the molecule is COc1ccc(/C=N/OCCOc2ccc(Cl)cc2Br)cc1OC. The van der Waals surface area contributed by atoms with Crippen LogP contribution in [0.5, 0.6) is 17.2 Å². The number of hydrogen-bond acceptors (Lipinski definition) is 5. The largest absolute Gasteiger partial charge is 0.493 e. The van der Waals surface area contributed by atoms with Gasteiger partial charge in [-0.1, -0.05) is 16.8 Å². The van der Waals surface area contributed by atoms with Gasteiger partial charge in [0.05, 0.1) is 24.9 Å². The first-order valence-corrected chi connectivity index (χ1v) is 8.26. The molecule has 0 saturated carbocycles. The van der Waals surface area contributed by atoms with Gasteiger partial charge in [-0.2, -0.15) is 0 Å². The molecule has 0 fully saturated rings. The molecule has 128 valence electrons. The summed E-state index contributed by atoms with van der Waals surface area (Å²) in [6.45, 7) is 0.683. The number of methoxy groups -OCH3 is 2. The van der Waals surface area contributed by atoms with E-state index in [4.69, 9.17) is 30.6 Å². The molecule has 0 amide bonds. The molecule has 0 saturated heterocycles. The lowest BCUT2D eigenvalue weighted by atomic mass is 10.2. The van der Waals surface area contributed by atoms with Crippen LogP contribution in [0, 0.1) is 0 Å². The number of rotatable bonds is 8. The molecule has 0 spiro atoms. The predicted octanol–water partition coefficient (Wildman–Crippen LogP) is 4.55. The lowest BCUT2D eigenvalue weighted by molar-refractivity contribution is 0.108. The van der Waals surface area contributed by atoms with E-state index in [0.717, 1.165) is 10.0 Å². The first-order chi connectivity index (χ1) is 11.6. The molecule has 0 aromatic heterocycles. The van der Waals surface area contributed by atoms with Crippen molar-refractivity contribution in [3.8, 4) is 17.2 Å². The molecule has 2 rings (SSSR count). The zero-order valence-electron chi connectivity index (χ0n) is 13.3. The summed E-state index contributed by atoms with van der Waals surface area (Å²) in [5.41, 5.74) is 0.842. The zero-order chi connectivity index (χ0) is 17.4. The van der Waals surface area contributed by atoms with Crippen molar-refractivity contribution < 1.29 is 19.0 Å². The zero-order valence-corrected chi connectivity index (χ0v) is 15.6. The Labute approximate surface area is 154 Å². The maximum absolute atomic E-state index is 5.87. The van der Waals surface area contributed by atoms with E-state index in [1.165, 1.54) is 0 Å². The van der Waals surface area contributed by atoms with Gasteiger partial charge >= 0.3 is 0 Å². The molecule has 0 atom stereocenters. The lowest BCUT2D eigenvalue weighted by Gasteiger charge is -2.08. The van der Waals surface area contributed by atoms with Gasteiger partial charge in [0.1, 0.15) is 12.4 Å². The smallest absolute Gasteiger partial charge is 0.161 e. The molecule has 0 N–H and O–H groups in total. The fraction of sp³-hybridized carbons (Fsp3) is 0.235. The van der Waals surface area contributed by atoms with Gasteiger partial charge in [0.15, 0.2) is 18.1 Å². The highest BCUT2D eigenvalue weighted by molar-refractivity contribution is 9.10. The minimum absolute atomic E-state index is 0.318. The summed E-state index contributed by atoms with van der Waals surface area (Å²) in [5, 5.41) is 4.55. The van der Waals surface area contributed by atoms with Gasteiger partial charge in [0.25, 0.3) is 0 Å². The van der Waals surface area contributed by atoms with E-state index >= 15 is 0 Å². The van der Waals surface area contributed by atoms with E-state index in [0.29, 0.717) is 35.5 Å². The molecule has 7 heteroatoms. The summed E-state index contributed by atoms with van der Waals surface area (Å²) >= 11 is 9.26. The van der Waals surface area contributed by atoms with Crippen LogP contribution in [-0.4, -0.2) is 33.6 Å². The molecule has 0 aliphatic carbocycles. The standard InChI is InChI=1S/C17H17BrClNO4/c1-21-16-5-3-12(9-17(16)22-2)11-20-24-8-7-23-15-6-4-13(19)10-14(15)18/h3-6,9-11H,7-8H2,1-2H3/b20-11+. The number of halogens is 2. The fourth-order valence-corrected chi connectivity index (χ4v) is 2.66. The first-order valence-electron chi connectivity index (χ1n) is 7.09. The van der Waals surface area contributed by atoms with E-state index in [2.05, 4.69) is 21.1 Å². The van der Waals surface area contributed by atoms with Crippen LogP contribution in [0.15, 0.2) is 46.0 Å². The molecule has 0 bridgehead atoms. The normalized spacial score (nSPS) is 10.7. The maximum atomic E-state index is 5.87. The van der Waals surface area contributed by atoms with Gasteiger partial charge in [0.2, 0.25) is 0 Å². The summed E-state index contributed by atoms with van der Waals surface area (Å²) in [6, 6.07) is 10.8. The second kappa shape index (κ2) is 9.39. The quantitative estimate of drug-likeness (QED) is 0.361. The number of ether oxygens (including phenoxy) is 3. The fourth-order valence-electron chi connectivity index (χ4n) is 1.87. The average Bonchev–Trinajstić information content (AvgIpc) is 2.59. The summed E-state index contributed by atoms with van der Waals surface area (Å²) in [4.78, 5) is 5.18. The Morgan fingerprint density at radius 2 is 1.75 bits per heavy atom. The molecular weight excluding hydrogens is 398 g/mol. The molecule has 24 heavy (non-hydrogen) atoms. The molecule has 2 aromatic carbocycles. The first kappa shape index (κ1) is 18.4. The Kier molecular flexibility index (Phi) is 7.21. The van der Waals surface area contributed by atoms with Crippen LogP contribution in [0.25, 0.3) is 0 Å². The van der Waals surface area contributed by atoms with Gasteiger partial charge in [-0.05, 0) is 52.3 Å². The Hall–Kier alpha value is -1.92. The molecular formula is C17H17BrClNO4. The highest BCUT2D eigenvalue weighted by atomic mass is 79.9. The maximum Gasteiger partial charge on any atom is 0.161 e. The van der Waals surface area contributed by atoms with Crippen LogP contribution >= 0.6 is 27.5 Å². The number of hydrogen-bond donors (Lipinski definition) is 0. The van der Waals surface area contributed by atoms with Gasteiger partial charge in [-0.25, -0.2) is 0 Å². The third-order valence-electron chi connectivity index (χ3n) is 3.01. The van der Waals surface area contributed by atoms with Crippen LogP contribution in [0.1, 0.15) is 5.56 Å². The second-order valence-corrected chi connectivity index (χ2v) is 5.90. The molecule has 0 aliphatic heterocycles. The molecule has 5 nitrogen and oxygen atoms in total. The van der Waals surface area contributed by atoms with Crippen LogP contribution in [0.3, 0.4) is 0 Å². The number of oxime groups is 1. The predicted molar refractivity (Wildman–Crippen MR) is 97.7 cm³/mol. The Morgan fingerprint density at radius 3 is 2.46 bits per heavy atom. The second-order valence-electron chi connectivity index (χ2n) is 4.61. The van der Waals surface area contributed by atoms with Crippen molar-refractivity contribution in [3.05, 3.63) is 51.5 Å². The summed E-state index contributed by atoms with van der Waals surface area (Å²) in [7, 11) is 3.18. The molecule has 0 aliphatic rings.